The van der Waals surface area contributed by atoms with Crippen LogP contribution < -0.4 is 32.0 Å². The van der Waals surface area contributed by atoms with Gasteiger partial charge in [-0.2, -0.15) is 0 Å². The molecule has 0 aliphatic carbocycles. The standard InChI is InChI=1S/C26H24FN3O3/c1-15(16-6-4-3-5-7-16)29-23(17-8-11-19(27)12-9-17)18-10-13-21(33-2)20(14-18)30-24-22(28)25(31)26(24)32/h3-15,23,29-30H,28H2,1-2H3/t15-,23?/m0/s1. The third-order valence-corrected chi connectivity index (χ3v) is 5.68. The molecule has 0 spiro atoms. The Morgan fingerprint density at radius 3 is 2.18 bits per heavy atom. The van der Waals surface area contributed by atoms with Gasteiger partial charge in [0.25, 0.3) is 10.9 Å². The molecule has 0 aliphatic heterocycles. The summed E-state index contributed by atoms with van der Waals surface area (Å²) in [5, 5.41) is 6.55. The maximum absolute atomic E-state index is 13.6. The van der Waals surface area contributed by atoms with Crippen LogP contribution in [0.5, 0.6) is 5.75 Å². The minimum absolute atomic E-state index is 0.0102. The average molecular weight is 445 g/mol. The van der Waals surface area contributed by atoms with Crippen molar-refractivity contribution in [3.63, 3.8) is 0 Å². The van der Waals surface area contributed by atoms with E-state index in [9.17, 15) is 14.0 Å². The molecule has 0 saturated heterocycles. The minimum Gasteiger partial charge on any atom is -0.495 e. The van der Waals surface area contributed by atoms with Crippen molar-refractivity contribution in [3.05, 3.63) is 116 Å². The molecule has 0 aliphatic rings. The van der Waals surface area contributed by atoms with Gasteiger partial charge in [-0.25, -0.2) is 4.39 Å². The predicted molar refractivity (Wildman–Crippen MR) is 128 cm³/mol. The lowest BCUT2D eigenvalue weighted by molar-refractivity contribution is 0.416. The van der Waals surface area contributed by atoms with Gasteiger partial charge in [-0.1, -0.05) is 48.5 Å². The number of benzene rings is 3. The summed E-state index contributed by atoms with van der Waals surface area (Å²) in [7, 11) is 1.51. The SMILES string of the molecule is COc1ccc(C(N[C@@H](C)c2ccccc2)c2ccc(F)cc2)cc1Nc1c(N)c(=O)c1=O. The molecular weight excluding hydrogens is 421 g/mol. The Balaban J connectivity index is 1.73. The highest BCUT2D eigenvalue weighted by molar-refractivity contribution is 5.79. The molecule has 0 bridgehead atoms. The van der Waals surface area contributed by atoms with Crippen molar-refractivity contribution in [2.75, 3.05) is 18.2 Å². The van der Waals surface area contributed by atoms with Gasteiger partial charge < -0.3 is 15.8 Å². The molecule has 0 fully saturated rings. The molecule has 0 heterocycles. The summed E-state index contributed by atoms with van der Waals surface area (Å²) in [6.45, 7) is 2.05. The van der Waals surface area contributed by atoms with Gasteiger partial charge in [-0.3, -0.25) is 14.9 Å². The van der Waals surface area contributed by atoms with Gasteiger partial charge in [0.15, 0.2) is 0 Å². The minimum atomic E-state index is -0.699. The molecule has 0 amide bonds. The zero-order valence-electron chi connectivity index (χ0n) is 18.3. The Morgan fingerprint density at radius 1 is 0.879 bits per heavy atom. The highest BCUT2D eigenvalue weighted by Gasteiger charge is 2.22. The lowest BCUT2D eigenvalue weighted by Crippen LogP contribution is -2.36. The molecule has 4 aromatic rings. The molecule has 6 nitrogen and oxygen atoms in total. The van der Waals surface area contributed by atoms with E-state index < -0.39 is 10.9 Å². The Labute approximate surface area is 190 Å². The number of nitrogens with one attached hydrogen (secondary N) is 2. The molecular formula is C26H24FN3O3. The fourth-order valence-corrected chi connectivity index (χ4v) is 3.80. The van der Waals surface area contributed by atoms with Crippen LogP contribution in [0, 0.1) is 5.82 Å². The van der Waals surface area contributed by atoms with Crippen LogP contribution in [0.2, 0.25) is 0 Å². The first-order chi connectivity index (χ1) is 15.9. The Morgan fingerprint density at radius 2 is 1.55 bits per heavy atom. The van der Waals surface area contributed by atoms with Gasteiger partial charge in [0, 0.05) is 6.04 Å². The Hall–Kier alpha value is -3.97. The third-order valence-electron chi connectivity index (χ3n) is 5.68. The summed E-state index contributed by atoms with van der Waals surface area (Å²) in [6.07, 6.45) is 0. The maximum Gasteiger partial charge on any atom is 0.253 e. The van der Waals surface area contributed by atoms with Crippen LogP contribution in [-0.4, -0.2) is 7.11 Å². The number of nitrogen functional groups attached to an aromatic ring is 1. The first kappa shape index (κ1) is 22.2. The van der Waals surface area contributed by atoms with Crippen LogP contribution in [0.15, 0.2) is 82.4 Å². The van der Waals surface area contributed by atoms with Crippen molar-refractivity contribution in [3.8, 4) is 5.75 Å². The lowest BCUT2D eigenvalue weighted by atomic mass is 9.95. The van der Waals surface area contributed by atoms with E-state index in [1.54, 1.807) is 18.2 Å². The number of anilines is 3. The summed E-state index contributed by atoms with van der Waals surface area (Å²) in [5.74, 6) is 0.168. The molecule has 4 aromatic carbocycles. The zero-order valence-corrected chi connectivity index (χ0v) is 18.3. The van der Waals surface area contributed by atoms with E-state index in [0.29, 0.717) is 11.4 Å². The van der Waals surface area contributed by atoms with Gasteiger partial charge in [0.2, 0.25) is 0 Å². The average Bonchev–Trinajstić information content (AvgIpc) is 2.86. The number of ether oxygens (including phenoxy) is 1. The molecule has 0 radical (unpaired) electrons. The monoisotopic (exact) mass is 445 g/mol. The predicted octanol–water partition coefficient (Wildman–Crippen LogP) is 4.20. The molecule has 33 heavy (non-hydrogen) atoms. The van der Waals surface area contributed by atoms with Crippen LogP contribution in [0.25, 0.3) is 0 Å². The van der Waals surface area contributed by atoms with E-state index in [2.05, 4.69) is 17.6 Å². The van der Waals surface area contributed by atoms with Crippen LogP contribution in [0.3, 0.4) is 0 Å². The van der Waals surface area contributed by atoms with Gasteiger partial charge in [-0.15, -0.1) is 0 Å². The van der Waals surface area contributed by atoms with Crippen LogP contribution in [-0.2, 0) is 0 Å². The number of nitrogens with two attached hydrogens (primary N) is 1. The number of hydrogen-bond donors (Lipinski definition) is 3. The van der Waals surface area contributed by atoms with Gasteiger partial charge in [0.05, 0.1) is 18.8 Å². The molecule has 4 rings (SSSR count). The Kier molecular flexibility index (Phi) is 6.24. The molecule has 168 valence electrons. The fraction of sp³-hybridized carbons (Fsp3) is 0.154. The molecule has 4 N–H and O–H groups in total. The van der Waals surface area contributed by atoms with Crippen molar-refractivity contribution < 1.29 is 9.13 Å². The van der Waals surface area contributed by atoms with Crippen molar-refractivity contribution in [1.29, 1.82) is 0 Å². The largest absolute Gasteiger partial charge is 0.495 e. The van der Waals surface area contributed by atoms with E-state index in [4.69, 9.17) is 10.5 Å². The van der Waals surface area contributed by atoms with E-state index in [1.807, 2.05) is 42.5 Å². The smallest absolute Gasteiger partial charge is 0.253 e. The highest BCUT2D eigenvalue weighted by Crippen LogP contribution is 2.34. The second kappa shape index (κ2) is 9.26. The third kappa shape index (κ3) is 4.49. The number of halogens is 1. The van der Waals surface area contributed by atoms with E-state index in [1.165, 1.54) is 19.2 Å². The van der Waals surface area contributed by atoms with Crippen molar-refractivity contribution >= 4 is 17.1 Å². The second-order valence-electron chi connectivity index (χ2n) is 7.82. The summed E-state index contributed by atoms with van der Waals surface area (Å²) in [4.78, 5) is 23.4. The first-order valence-corrected chi connectivity index (χ1v) is 10.5. The molecule has 1 unspecified atom stereocenters. The number of rotatable bonds is 8. The molecule has 0 saturated carbocycles. The van der Waals surface area contributed by atoms with Gasteiger partial charge >= 0.3 is 0 Å². The molecule has 7 heteroatoms. The normalized spacial score (nSPS) is 12.9. The summed E-state index contributed by atoms with van der Waals surface area (Å²) >= 11 is 0. The maximum atomic E-state index is 13.6. The van der Waals surface area contributed by atoms with Crippen LogP contribution in [0.1, 0.15) is 35.7 Å². The molecule has 2 atom stereocenters. The van der Waals surface area contributed by atoms with Gasteiger partial charge in [-0.05, 0) is 47.9 Å². The zero-order chi connectivity index (χ0) is 23.5. The van der Waals surface area contributed by atoms with Crippen molar-refractivity contribution in [2.45, 2.75) is 19.0 Å². The summed E-state index contributed by atoms with van der Waals surface area (Å²) < 4.78 is 19.0. The van der Waals surface area contributed by atoms with Gasteiger partial charge in [0.1, 0.15) is 22.9 Å². The first-order valence-electron chi connectivity index (χ1n) is 10.5. The van der Waals surface area contributed by atoms with E-state index in [-0.39, 0.29) is 29.3 Å². The summed E-state index contributed by atoms with van der Waals surface area (Å²) in [6, 6.07) is 21.5. The van der Waals surface area contributed by atoms with Crippen LogP contribution >= 0.6 is 0 Å². The van der Waals surface area contributed by atoms with Crippen molar-refractivity contribution in [2.24, 2.45) is 0 Å². The van der Waals surface area contributed by atoms with E-state index in [0.717, 1.165) is 16.7 Å². The fourth-order valence-electron chi connectivity index (χ4n) is 3.80. The number of hydrogen-bond acceptors (Lipinski definition) is 6. The topological polar surface area (TPSA) is 93.4 Å². The lowest BCUT2D eigenvalue weighted by Gasteiger charge is -2.26. The molecule has 0 aromatic heterocycles. The number of methoxy groups -OCH3 is 1. The quantitative estimate of drug-likeness (QED) is 0.352. The van der Waals surface area contributed by atoms with E-state index >= 15 is 0 Å². The highest BCUT2D eigenvalue weighted by atomic mass is 19.1. The van der Waals surface area contributed by atoms with Crippen molar-refractivity contribution in [1.82, 2.24) is 5.32 Å². The Bertz CT molecular complexity index is 1330. The van der Waals surface area contributed by atoms with Crippen LogP contribution in [0.4, 0.5) is 21.5 Å². The summed E-state index contributed by atoms with van der Waals surface area (Å²) in [5.41, 5.74) is 7.60. The second-order valence-corrected chi connectivity index (χ2v) is 7.82.